The highest BCUT2D eigenvalue weighted by Gasteiger charge is 2.26. The van der Waals surface area contributed by atoms with E-state index in [1.165, 1.54) is 17.7 Å². The van der Waals surface area contributed by atoms with Crippen LogP contribution in [0.5, 0.6) is 0 Å². The lowest BCUT2D eigenvalue weighted by molar-refractivity contribution is 0.0998. The molecular formula is C23H27FN6O. The minimum Gasteiger partial charge on any atom is -0.365 e. The summed E-state index contributed by atoms with van der Waals surface area (Å²) in [5, 5.41) is 4.69. The number of nitrogens with zero attached hydrogens (tertiary/aromatic N) is 5. The topological polar surface area (TPSA) is 89.9 Å². The zero-order chi connectivity index (χ0) is 22.1. The van der Waals surface area contributed by atoms with Crippen molar-refractivity contribution in [2.75, 3.05) is 13.1 Å². The van der Waals surface area contributed by atoms with Crippen LogP contribution in [-0.2, 0) is 6.54 Å². The molecule has 3 aromatic rings. The second kappa shape index (κ2) is 8.55. The number of aromatic nitrogens is 4. The molecule has 0 radical (unpaired) electrons. The minimum absolute atomic E-state index is 0.210. The Balaban J connectivity index is 1.52. The van der Waals surface area contributed by atoms with Gasteiger partial charge < -0.3 is 5.73 Å². The van der Waals surface area contributed by atoms with E-state index in [0.29, 0.717) is 11.3 Å². The Bertz CT molecular complexity index is 1110. The predicted octanol–water partition coefficient (Wildman–Crippen LogP) is 3.21. The summed E-state index contributed by atoms with van der Waals surface area (Å²) < 4.78 is 15.2. The van der Waals surface area contributed by atoms with Gasteiger partial charge in [-0.25, -0.2) is 19.0 Å². The van der Waals surface area contributed by atoms with Crippen molar-refractivity contribution in [2.45, 2.75) is 46.1 Å². The van der Waals surface area contributed by atoms with E-state index in [1.54, 1.807) is 25.3 Å². The van der Waals surface area contributed by atoms with E-state index >= 15 is 0 Å². The van der Waals surface area contributed by atoms with Crippen LogP contribution in [0.3, 0.4) is 0 Å². The quantitative estimate of drug-likeness (QED) is 0.682. The van der Waals surface area contributed by atoms with Gasteiger partial charge in [0.2, 0.25) is 0 Å². The number of rotatable bonds is 5. The fourth-order valence-corrected chi connectivity index (χ4v) is 4.29. The summed E-state index contributed by atoms with van der Waals surface area (Å²) in [6.45, 7) is 8.48. The number of benzene rings is 1. The van der Waals surface area contributed by atoms with E-state index in [2.05, 4.69) is 26.9 Å². The first kappa shape index (κ1) is 21.1. The Morgan fingerprint density at radius 2 is 1.94 bits per heavy atom. The van der Waals surface area contributed by atoms with Crippen LogP contribution in [0.4, 0.5) is 4.39 Å². The third-order valence-electron chi connectivity index (χ3n) is 6.03. The van der Waals surface area contributed by atoms with Gasteiger partial charge in [-0.15, -0.1) is 0 Å². The van der Waals surface area contributed by atoms with Gasteiger partial charge in [0.25, 0.3) is 5.91 Å². The van der Waals surface area contributed by atoms with Gasteiger partial charge in [-0.1, -0.05) is 0 Å². The molecule has 3 heterocycles. The van der Waals surface area contributed by atoms with Crippen molar-refractivity contribution in [1.82, 2.24) is 24.6 Å². The number of carbonyl (C=O) groups is 1. The summed E-state index contributed by atoms with van der Waals surface area (Å²) in [5.41, 5.74) is 10.4. The molecule has 0 aliphatic carbocycles. The molecule has 162 valence electrons. The van der Waals surface area contributed by atoms with Crippen LogP contribution in [0.2, 0.25) is 0 Å². The Morgan fingerprint density at radius 1 is 1.19 bits per heavy atom. The van der Waals surface area contributed by atoms with Crippen LogP contribution in [0.25, 0.3) is 5.69 Å². The summed E-state index contributed by atoms with van der Waals surface area (Å²) in [6, 6.07) is 6.38. The lowest BCUT2D eigenvalue weighted by Crippen LogP contribution is -2.35. The average Bonchev–Trinajstić information content (AvgIpc) is 3.02. The third-order valence-corrected chi connectivity index (χ3v) is 6.03. The molecule has 4 rings (SSSR count). The molecule has 1 aliphatic heterocycles. The number of nitrogens with two attached hydrogens (primary N) is 1. The van der Waals surface area contributed by atoms with Crippen LogP contribution in [0, 0.1) is 26.6 Å². The van der Waals surface area contributed by atoms with Gasteiger partial charge in [0.15, 0.2) is 0 Å². The standard InChI is InChI=1S/C23H27FN6O/c1-14-20(22(25)31)11-26-23(27-14)17-5-4-10-29(12-17)13-21-15(2)28-30(16(21)3)19-8-6-18(24)7-9-19/h6-9,11,17H,4-5,10,12-13H2,1-3H3,(H2,25,31)/t17-/m0/s1. The van der Waals surface area contributed by atoms with Crippen molar-refractivity contribution < 1.29 is 9.18 Å². The molecule has 31 heavy (non-hydrogen) atoms. The van der Waals surface area contributed by atoms with E-state index < -0.39 is 5.91 Å². The maximum absolute atomic E-state index is 13.3. The number of carbonyl (C=O) groups excluding carboxylic acids is 1. The number of primary amides is 1. The van der Waals surface area contributed by atoms with Crippen molar-refractivity contribution in [3.63, 3.8) is 0 Å². The fourth-order valence-electron chi connectivity index (χ4n) is 4.29. The highest BCUT2D eigenvalue weighted by Crippen LogP contribution is 2.28. The second-order valence-corrected chi connectivity index (χ2v) is 8.20. The highest BCUT2D eigenvalue weighted by atomic mass is 19.1. The highest BCUT2D eigenvalue weighted by molar-refractivity contribution is 5.93. The molecule has 1 amide bonds. The molecule has 2 N–H and O–H groups in total. The van der Waals surface area contributed by atoms with E-state index in [1.807, 2.05) is 11.6 Å². The van der Waals surface area contributed by atoms with Crippen molar-refractivity contribution in [3.05, 3.63) is 70.3 Å². The third kappa shape index (κ3) is 4.34. The summed E-state index contributed by atoms with van der Waals surface area (Å²) in [7, 11) is 0. The van der Waals surface area contributed by atoms with E-state index in [4.69, 9.17) is 5.73 Å². The molecule has 8 heteroatoms. The number of hydrogen-bond donors (Lipinski definition) is 1. The van der Waals surface area contributed by atoms with Crippen LogP contribution in [-0.4, -0.2) is 43.6 Å². The Kier molecular flexibility index (Phi) is 5.82. The molecule has 1 fully saturated rings. The fraction of sp³-hybridized carbons (Fsp3) is 0.391. The molecule has 2 aromatic heterocycles. The van der Waals surface area contributed by atoms with Crippen LogP contribution in [0.15, 0.2) is 30.5 Å². The van der Waals surface area contributed by atoms with E-state index in [0.717, 1.165) is 55.4 Å². The zero-order valence-corrected chi connectivity index (χ0v) is 18.1. The summed E-state index contributed by atoms with van der Waals surface area (Å²) in [6.07, 6.45) is 3.60. The van der Waals surface area contributed by atoms with Gasteiger partial charge in [-0.3, -0.25) is 9.69 Å². The molecule has 1 aliphatic rings. The summed E-state index contributed by atoms with van der Waals surface area (Å²) in [5.74, 6) is 0.217. The van der Waals surface area contributed by atoms with Gasteiger partial charge in [0, 0.05) is 36.5 Å². The number of piperidine rings is 1. The molecule has 0 spiro atoms. The Labute approximate surface area is 181 Å². The first-order valence-corrected chi connectivity index (χ1v) is 10.5. The number of amides is 1. The minimum atomic E-state index is -0.501. The molecule has 1 atom stereocenters. The monoisotopic (exact) mass is 422 g/mol. The van der Waals surface area contributed by atoms with E-state index in [-0.39, 0.29) is 11.7 Å². The first-order chi connectivity index (χ1) is 14.8. The SMILES string of the molecule is Cc1nc([C@H]2CCCN(Cc3c(C)nn(-c4ccc(F)cc4)c3C)C2)ncc1C(N)=O. The zero-order valence-electron chi connectivity index (χ0n) is 18.1. The van der Waals surface area contributed by atoms with E-state index in [9.17, 15) is 9.18 Å². The lowest BCUT2D eigenvalue weighted by atomic mass is 9.96. The Morgan fingerprint density at radius 3 is 2.61 bits per heavy atom. The second-order valence-electron chi connectivity index (χ2n) is 8.20. The van der Waals surface area contributed by atoms with Crippen molar-refractivity contribution in [1.29, 1.82) is 0 Å². The number of aryl methyl sites for hydroxylation is 2. The smallest absolute Gasteiger partial charge is 0.252 e. The van der Waals surface area contributed by atoms with Crippen LogP contribution in [0.1, 0.15) is 57.6 Å². The van der Waals surface area contributed by atoms with Crippen LogP contribution < -0.4 is 5.73 Å². The van der Waals surface area contributed by atoms with Crippen molar-refractivity contribution in [2.24, 2.45) is 5.73 Å². The molecule has 0 saturated carbocycles. The van der Waals surface area contributed by atoms with Gasteiger partial charge in [0.05, 0.1) is 22.6 Å². The van der Waals surface area contributed by atoms with Gasteiger partial charge in [-0.2, -0.15) is 5.10 Å². The molecule has 0 unspecified atom stereocenters. The maximum atomic E-state index is 13.3. The first-order valence-electron chi connectivity index (χ1n) is 10.5. The molecule has 1 aromatic carbocycles. The molecule has 1 saturated heterocycles. The average molecular weight is 423 g/mol. The lowest BCUT2D eigenvalue weighted by Gasteiger charge is -2.32. The number of hydrogen-bond acceptors (Lipinski definition) is 5. The summed E-state index contributed by atoms with van der Waals surface area (Å²) >= 11 is 0. The summed E-state index contributed by atoms with van der Waals surface area (Å²) in [4.78, 5) is 22.8. The van der Waals surface area contributed by atoms with Gasteiger partial charge in [0.1, 0.15) is 11.6 Å². The number of likely N-dealkylation sites (tertiary alicyclic amines) is 1. The number of halogens is 1. The Hall–Kier alpha value is -3.13. The molecule has 0 bridgehead atoms. The van der Waals surface area contributed by atoms with Gasteiger partial charge in [-0.05, 0) is 64.4 Å². The molecular weight excluding hydrogens is 395 g/mol. The normalized spacial score (nSPS) is 17.1. The van der Waals surface area contributed by atoms with Crippen molar-refractivity contribution >= 4 is 5.91 Å². The largest absolute Gasteiger partial charge is 0.365 e. The maximum Gasteiger partial charge on any atom is 0.252 e. The van der Waals surface area contributed by atoms with Crippen LogP contribution >= 0.6 is 0 Å². The molecule has 7 nitrogen and oxygen atoms in total. The van der Waals surface area contributed by atoms with Crippen molar-refractivity contribution in [3.8, 4) is 5.69 Å². The van der Waals surface area contributed by atoms with Gasteiger partial charge >= 0.3 is 0 Å². The predicted molar refractivity (Wildman–Crippen MR) is 116 cm³/mol.